The lowest BCUT2D eigenvalue weighted by Gasteiger charge is -2.26. The fourth-order valence-electron chi connectivity index (χ4n) is 1.65. The van der Waals surface area contributed by atoms with Gasteiger partial charge in [-0.1, -0.05) is 23.7 Å². The number of nitrogens with one attached hydrogen (secondary N) is 1. The minimum Gasteiger partial charge on any atom is -0.388 e. The summed E-state index contributed by atoms with van der Waals surface area (Å²) in [6, 6.07) is 8.30. The van der Waals surface area contributed by atoms with Gasteiger partial charge < -0.3 is 5.73 Å². The molecular weight excluding hydrogens is 234 g/mol. The second-order valence-corrected chi connectivity index (χ2v) is 4.91. The van der Waals surface area contributed by atoms with Crippen LogP contribution in [0.5, 0.6) is 0 Å². The molecule has 1 rings (SSSR count). The Hall–Kier alpha value is -1.06. The van der Waals surface area contributed by atoms with E-state index in [0.717, 1.165) is 18.1 Å². The lowest BCUT2D eigenvalue weighted by Crippen LogP contribution is -2.33. The topological polar surface area (TPSA) is 53.1 Å². The summed E-state index contributed by atoms with van der Waals surface area (Å²) in [6.45, 7) is 5.93. The van der Waals surface area contributed by atoms with Crippen molar-refractivity contribution in [2.45, 2.75) is 32.9 Å². The summed E-state index contributed by atoms with van der Waals surface area (Å²) in [5.74, 6) is 0.238. The maximum Gasteiger partial charge on any atom is 0.0918 e. The highest BCUT2D eigenvalue weighted by Crippen LogP contribution is 2.14. The SMILES string of the molecule is CC(C)N(CCC(=N)N)Cc1cccc(Cl)c1. The first-order valence-electron chi connectivity index (χ1n) is 5.80. The molecule has 0 bridgehead atoms. The van der Waals surface area contributed by atoms with E-state index in [1.54, 1.807) is 0 Å². The highest BCUT2D eigenvalue weighted by atomic mass is 35.5. The third-order valence-corrected chi connectivity index (χ3v) is 2.91. The molecular formula is C13H20ClN3. The molecule has 0 radical (unpaired) electrons. The summed E-state index contributed by atoms with van der Waals surface area (Å²) in [7, 11) is 0. The molecule has 0 atom stereocenters. The van der Waals surface area contributed by atoms with Crippen molar-refractivity contribution >= 4 is 17.4 Å². The van der Waals surface area contributed by atoms with Gasteiger partial charge in [-0.3, -0.25) is 10.3 Å². The second kappa shape index (κ2) is 6.62. The number of halogens is 1. The lowest BCUT2D eigenvalue weighted by atomic mass is 10.2. The van der Waals surface area contributed by atoms with Crippen LogP contribution in [0.2, 0.25) is 5.02 Å². The van der Waals surface area contributed by atoms with Crippen LogP contribution in [0, 0.1) is 5.41 Å². The minimum absolute atomic E-state index is 0.238. The normalized spacial score (nSPS) is 11.1. The van der Waals surface area contributed by atoms with Crippen LogP contribution in [0.4, 0.5) is 0 Å². The van der Waals surface area contributed by atoms with Crippen LogP contribution in [0.15, 0.2) is 24.3 Å². The molecule has 0 spiro atoms. The summed E-state index contributed by atoms with van der Waals surface area (Å²) in [4.78, 5) is 2.28. The number of amidine groups is 1. The smallest absolute Gasteiger partial charge is 0.0918 e. The zero-order valence-electron chi connectivity index (χ0n) is 10.4. The van der Waals surface area contributed by atoms with Gasteiger partial charge in [0, 0.05) is 30.6 Å². The molecule has 0 saturated heterocycles. The van der Waals surface area contributed by atoms with Crippen LogP contribution in [-0.2, 0) is 6.54 Å². The van der Waals surface area contributed by atoms with E-state index in [9.17, 15) is 0 Å². The Kier molecular flexibility index (Phi) is 5.45. The van der Waals surface area contributed by atoms with Gasteiger partial charge in [0.2, 0.25) is 0 Å². The summed E-state index contributed by atoms with van der Waals surface area (Å²) in [6.07, 6.45) is 0.610. The predicted molar refractivity (Wildman–Crippen MR) is 73.5 cm³/mol. The molecule has 0 fully saturated rings. The van der Waals surface area contributed by atoms with E-state index in [1.165, 1.54) is 5.56 Å². The molecule has 0 aliphatic heterocycles. The van der Waals surface area contributed by atoms with Gasteiger partial charge in [0.05, 0.1) is 5.84 Å². The molecule has 0 aliphatic rings. The summed E-state index contributed by atoms with van der Waals surface area (Å²) < 4.78 is 0. The van der Waals surface area contributed by atoms with Crippen molar-refractivity contribution < 1.29 is 0 Å². The molecule has 1 aromatic carbocycles. The number of nitrogens with two attached hydrogens (primary N) is 1. The molecule has 0 aliphatic carbocycles. The fraction of sp³-hybridized carbons (Fsp3) is 0.462. The van der Waals surface area contributed by atoms with E-state index in [0.29, 0.717) is 12.5 Å². The zero-order valence-corrected chi connectivity index (χ0v) is 11.2. The van der Waals surface area contributed by atoms with E-state index >= 15 is 0 Å². The Bertz CT molecular complexity index is 377. The highest BCUT2D eigenvalue weighted by molar-refractivity contribution is 6.30. The molecule has 0 heterocycles. The number of benzene rings is 1. The molecule has 3 nitrogen and oxygen atoms in total. The second-order valence-electron chi connectivity index (χ2n) is 4.47. The Morgan fingerprint density at radius 2 is 2.18 bits per heavy atom. The van der Waals surface area contributed by atoms with E-state index in [1.807, 2.05) is 18.2 Å². The standard InChI is InChI=1S/C13H20ClN3/c1-10(2)17(7-6-13(15)16)9-11-4-3-5-12(14)8-11/h3-5,8,10H,6-7,9H2,1-2H3,(H3,15,16). The van der Waals surface area contributed by atoms with E-state index < -0.39 is 0 Å². The molecule has 0 saturated carbocycles. The molecule has 1 aromatic rings. The van der Waals surface area contributed by atoms with Crippen LogP contribution in [0.25, 0.3) is 0 Å². The van der Waals surface area contributed by atoms with Crippen LogP contribution in [-0.4, -0.2) is 23.3 Å². The van der Waals surface area contributed by atoms with Gasteiger partial charge in [0.25, 0.3) is 0 Å². The first kappa shape index (κ1) is 14.0. The van der Waals surface area contributed by atoms with Crippen molar-refractivity contribution in [1.82, 2.24) is 4.90 Å². The quantitative estimate of drug-likeness (QED) is 0.605. The van der Waals surface area contributed by atoms with Gasteiger partial charge in [-0.05, 0) is 31.5 Å². The average molecular weight is 254 g/mol. The van der Waals surface area contributed by atoms with Crippen LogP contribution in [0.3, 0.4) is 0 Å². The zero-order chi connectivity index (χ0) is 12.8. The molecule has 0 amide bonds. The number of hydrogen-bond donors (Lipinski definition) is 2. The van der Waals surface area contributed by atoms with Crippen LogP contribution >= 0.6 is 11.6 Å². The van der Waals surface area contributed by atoms with Gasteiger partial charge in [-0.25, -0.2) is 0 Å². The van der Waals surface area contributed by atoms with Crippen molar-refractivity contribution in [3.8, 4) is 0 Å². The van der Waals surface area contributed by atoms with Gasteiger partial charge in [0.1, 0.15) is 0 Å². The number of rotatable bonds is 6. The van der Waals surface area contributed by atoms with Crippen molar-refractivity contribution in [2.75, 3.05) is 6.54 Å². The molecule has 4 heteroatoms. The van der Waals surface area contributed by atoms with Crippen molar-refractivity contribution in [3.05, 3.63) is 34.9 Å². The first-order valence-corrected chi connectivity index (χ1v) is 6.18. The van der Waals surface area contributed by atoms with Gasteiger partial charge >= 0.3 is 0 Å². The van der Waals surface area contributed by atoms with Crippen LogP contribution in [0.1, 0.15) is 25.8 Å². The van der Waals surface area contributed by atoms with Crippen molar-refractivity contribution in [3.63, 3.8) is 0 Å². The maximum atomic E-state index is 7.27. The van der Waals surface area contributed by atoms with Gasteiger partial charge in [-0.15, -0.1) is 0 Å². The molecule has 3 N–H and O–H groups in total. The third kappa shape index (κ3) is 5.20. The average Bonchev–Trinajstić information content (AvgIpc) is 2.23. The van der Waals surface area contributed by atoms with Gasteiger partial charge in [0.15, 0.2) is 0 Å². The van der Waals surface area contributed by atoms with Gasteiger partial charge in [-0.2, -0.15) is 0 Å². The first-order chi connectivity index (χ1) is 7.99. The van der Waals surface area contributed by atoms with Crippen molar-refractivity contribution in [1.29, 1.82) is 5.41 Å². The predicted octanol–water partition coefficient (Wildman–Crippen LogP) is 2.88. The molecule has 17 heavy (non-hydrogen) atoms. The Morgan fingerprint density at radius 3 is 2.71 bits per heavy atom. The monoisotopic (exact) mass is 253 g/mol. The van der Waals surface area contributed by atoms with E-state index in [4.69, 9.17) is 22.7 Å². The molecule has 0 aromatic heterocycles. The third-order valence-electron chi connectivity index (χ3n) is 2.67. The molecule has 0 unspecified atom stereocenters. The minimum atomic E-state index is 0.238. The largest absolute Gasteiger partial charge is 0.388 e. The lowest BCUT2D eigenvalue weighted by molar-refractivity contribution is 0.219. The fourth-order valence-corrected chi connectivity index (χ4v) is 1.87. The summed E-state index contributed by atoms with van der Waals surface area (Å²) >= 11 is 5.96. The maximum absolute atomic E-state index is 7.27. The highest BCUT2D eigenvalue weighted by Gasteiger charge is 2.10. The van der Waals surface area contributed by atoms with E-state index in [2.05, 4.69) is 24.8 Å². The van der Waals surface area contributed by atoms with Crippen molar-refractivity contribution in [2.24, 2.45) is 5.73 Å². The van der Waals surface area contributed by atoms with E-state index in [-0.39, 0.29) is 5.84 Å². The van der Waals surface area contributed by atoms with Crippen LogP contribution < -0.4 is 5.73 Å². The number of nitrogens with zero attached hydrogens (tertiary/aromatic N) is 1. The Balaban J connectivity index is 2.63. The summed E-state index contributed by atoms with van der Waals surface area (Å²) in [5, 5.41) is 8.03. The summed E-state index contributed by atoms with van der Waals surface area (Å²) in [5.41, 5.74) is 6.58. The Labute approximate surface area is 108 Å². The number of hydrogen-bond acceptors (Lipinski definition) is 2. The molecule has 94 valence electrons. The Morgan fingerprint density at radius 1 is 1.47 bits per heavy atom.